The maximum absolute atomic E-state index is 12.4. The van der Waals surface area contributed by atoms with Gasteiger partial charge in [-0.1, -0.05) is 0 Å². The average molecular weight is 344 g/mol. The van der Waals surface area contributed by atoms with Gasteiger partial charge in [-0.25, -0.2) is 0 Å². The van der Waals surface area contributed by atoms with Crippen LogP contribution in [0.3, 0.4) is 0 Å². The third-order valence-corrected chi connectivity index (χ3v) is 5.30. The highest BCUT2D eigenvalue weighted by molar-refractivity contribution is 8.00. The smallest absolute Gasteiger partial charge is 0.233 e. The van der Waals surface area contributed by atoms with Crippen LogP contribution in [0, 0.1) is 0 Å². The van der Waals surface area contributed by atoms with Gasteiger partial charge < -0.3 is 14.4 Å². The summed E-state index contributed by atoms with van der Waals surface area (Å²) in [4.78, 5) is 18.3. The van der Waals surface area contributed by atoms with E-state index in [1.807, 2.05) is 35.2 Å². The number of hydrogen-bond acceptors (Lipinski definition) is 5. The van der Waals surface area contributed by atoms with Crippen molar-refractivity contribution in [1.82, 2.24) is 9.88 Å². The summed E-state index contributed by atoms with van der Waals surface area (Å²) in [6.07, 6.45) is 4.36. The van der Waals surface area contributed by atoms with E-state index in [4.69, 9.17) is 9.47 Å². The SMILES string of the molecule is COc1ccc(OC)c(C2SCC(=O)N2CCc2ccncc2)c1. The molecule has 5 nitrogen and oxygen atoms in total. The van der Waals surface area contributed by atoms with Crippen molar-refractivity contribution in [1.29, 1.82) is 0 Å². The number of pyridine rings is 1. The maximum atomic E-state index is 12.4. The minimum atomic E-state index is -0.0515. The van der Waals surface area contributed by atoms with E-state index >= 15 is 0 Å². The predicted molar refractivity (Wildman–Crippen MR) is 94.4 cm³/mol. The zero-order valence-electron chi connectivity index (χ0n) is 13.8. The Morgan fingerprint density at radius 1 is 1.21 bits per heavy atom. The molecule has 24 heavy (non-hydrogen) atoms. The van der Waals surface area contributed by atoms with E-state index in [0.29, 0.717) is 12.3 Å². The number of aromatic nitrogens is 1. The van der Waals surface area contributed by atoms with Crippen LogP contribution in [0.2, 0.25) is 0 Å². The highest BCUT2D eigenvalue weighted by Crippen LogP contribution is 2.43. The molecule has 1 aliphatic heterocycles. The molecule has 1 unspecified atom stereocenters. The van der Waals surface area contributed by atoms with Crippen molar-refractivity contribution < 1.29 is 14.3 Å². The Bertz CT molecular complexity index is 709. The molecule has 0 bridgehead atoms. The van der Waals surface area contributed by atoms with Gasteiger partial charge in [-0.2, -0.15) is 0 Å². The number of hydrogen-bond donors (Lipinski definition) is 0. The molecule has 0 N–H and O–H groups in total. The molecule has 1 amide bonds. The van der Waals surface area contributed by atoms with Crippen LogP contribution in [0.5, 0.6) is 11.5 Å². The van der Waals surface area contributed by atoms with Gasteiger partial charge >= 0.3 is 0 Å². The van der Waals surface area contributed by atoms with Crippen molar-refractivity contribution in [3.05, 3.63) is 53.9 Å². The first kappa shape index (κ1) is 16.6. The van der Waals surface area contributed by atoms with Crippen molar-refractivity contribution in [2.24, 2.45) is 0 Å². The second kappa shape index (κ2) is 7.57. The number of benzene rings is 1. The highest BCUT2D eigenvalue weighted by Gasteiger charge is 2.34. The lowest BCUT2D eigenvalue weighted by molar-refractivity contribution is -0.128. The monoisotopic (exact) mass is 344 g/mol. The van der Waals surface area contributed by atoms with E-state index in [1.165, 1.54) is 5.56 Å². The molecule has 0 saturated carbocycles. The minimum absolute atomic E-state index is 0.0515. The Labute approximate surface area is 146 Å². The highest BCUT2D eigenvalue weighted by atomic mass is 32.2. The first-order valence-electron chi connectivity index (χ1n) is 7.75. The van der Waals surface area contributed by atoms with E-state index in [1.54, 1.807) is 38.4 Å². The van der Waals surface area contributed by atoms with E-state index in [-0.39, 0.29) is 11.3 Å². The van der Waals surface area contributed by atoms with Crippen molar-refractivity contribution in [2.75, 3.05) is 26.5 Å². The topological polar surface area (TPSA) is 51.7 Å². The van der Waals surface area contributed by atoms with Gasteiger partial charge in [0.05, 0.1) is 20.0 Å². The van der Waals surface area contributed by atoms with Crippen LogP contribution in [-0.2, 0) is 11.2 Å². The molecule has 6 heteroatoms. The van der Waals surface area contributed by atoms with Gasteiger partial charge in [-0.15, -0.1) is 11.8 Å². The molecule has 0 radical (unpaired) electrons. The lowest BCUT2D eigenvalue weighted by atomic mass is 10.1. The van der Waals surface area contributed by atoms with E-state index in [2.05, 4.69) is 4.98 Å². The van der Waals surface area contributed by atoms with E-state index < -0.39 is 0 Å². The number of rotatable bonds is 6. The predicted octanol–water partition coefficient (Wildman–Crippen LogP) is 2.92. The van der Waals surface area contributed by atoms with E-state index in [0.717, 1.165) is 23.5 Å². The van der Waals surface area contributed by atoms with Crippen LogP contribution in [0.15, 0.2) is 42.7 Å². The Kier molecular flexibility index (Phi) is 5.25. The molecule has 2 heterocycles. The first-order valence-corrected chi connectivity index (χ1v) is 8.79. The van der Waals surface area contributed by atoms with Crippen molar-refractivity contribution in [2.45, 2.75) is 11.8 Å². The lowest BCUT2D eigenvalue weighted by Crippen LogP contribution is -2.30. The fourth-order valence-electron chi connectivity index (χ4n) is 2.78. The molecule has 3 rings (SSSR count). The van der Waals surface area contributed by atoms with Crippen molar-refractivity contribution >= 4 is 17.7 Å². The first-order chi connectivity index (χ1) is 11.7. The molecule has 0 aliphatic carbocycles. The zero-order chi connectivity index (χ0) is 16.9. The average Bonchev–Trinajstić information content (AvgIpc) is 3.00. The second-order valence-electron chi connectivity index (χ2n) is 5.46. The number of carbonyl (C=O) groups excluding carboxylic acids is 1. The molecule has 1 saturated heterocycles. The standard InChI is InChI=1S/C18H20N2O3S/c1-22-14-3-4-16(23-2)15(11-14)18-20(17(21)12-24-18)10-7-13-5-8-19-9-6-13/h3-6,8-9,11,18H,7,10,12H2,1-2H3. The summed E-state index contributed by atoms with van der Waals surface area (Å²) in [7, 11) is 3.29. The fourth-order valence-corrected chi connectivity index (χ4v) is 4.02. The van der Waals surface area contributed by atoms with Gasteiger partial charge in [-0.05, 0) is 42.3 Å². The number of methoxy groups -OCH3 is 2. The van der Waals surface area contributed by atoms with Crippen molar-refractivity contribution in [3.63, 3.8) is 0 Å². The van der Waals surface area contributed by atoms with Crippen LogP contribution in [0.25, 0.3) is 0 Å². The number of thioether (sulfide) groups is 1. The van der Waals surface area contributed by atoms with Gasteiger partial charge in [0.1, 0.15) is 16.9 Å². The third kappa shape index (κ3) is 3.48. The fraction of sp³-hybridized carbons (Fsp3) is 0.333. The maximum Gasteiger partial charge on any atom is 0.233 e. The van der Waals surface area contributed by atoms with E-state index in [9.17, 15) is 4.79 Å². The Balaban J connectivity index is 1.82. The second-order valence-corrected chi connectivity index (χ2v) is 6.53. The van der Waals surface area contributed by atoms with Crippen LogP contribution >= 0.6 is 11.8 Å². The van der Waals surface area contributed by atoms with Crippen LogP contribution in [0.1, 0.15) is 16.5 Å². The summed E-state index contributed by atoms with van der Waals surface area (Å²) in [5.74, 6) is 2.18. The van der Waals surface area contributed by atoms with Gasteiger partial charge in [0.25, 0.3) is 0 Å². The largest absolute Gasteiger partial charge is 0.497 e. The summed E-state index contributed by atoms with van der Waals surface area (Å²) < 4.78 is 10.8. The van der Waals surface area contributed by atoms with Crippen LogP contribution in [0.4, 0.5) is 0 Å². The minimum Gasteiger partial charge on any atom is -0.497 e. The Morgan fingerprint density at radius 2 is 2.00 bits per heavy atom. The molecule has 1 aromatic carbocycles. The molecule has 1 fully saturated rings. The third-order valence-electron chi connectivity index (χ3n) is 4.06. The lowest BCUT2D eigenvalue weighted by Gasteiger charge is -2.26. The van der Waals surface area contributed by atoms with Gasteiger partial charge in [0.15, 0.2) is 0 Å². The van der Waals surface area contributed by atoms with Crippen LogP contribution < -0.4 is 9.47 Å². The normalized spacial score (nSPS) is 17.2. The summed E-state index contributed by atoms with van der Waals surface area (Å²) in [6, 6.07) is 9.67. The number of nitrogens with zero attached hydrogens (tertiary/aromatic N) is 2. The summed E-state index contributed by atoms with van der Waals surface area (Å²) in [5.41, 5.74) is 2.15. The quantitative estimate of drug-likeness (QED) is 0.806. The molecular weight excluding hydrogens is 324 g/mol. The summed E-state index contributed by atoms with van der Waals surface area (Å²) >= 11 is 1.62. The van der Waals surface area contributed by atoms with Crippen LogP contribution in [-0.4, -0.2) is 42.3 Å². The molecule has 2 aromatic rings. The Hall–Kier alpha value is -2.21. The molecular formula is C18H20N2O3S. The molecule has 1 atom stereocenters. The molecule has 0 spiro atoms. The number of carbonyl (C=O) groups is 1. The van der Waals surface area contributed by atoms with Gasteiger partial charge in [0, 0.05) is 24.5 Å². The summed E-state index contributed by atoms with van der Waals surface area (Å²) in [6.45, 7) is 0.668. The molecule has 1 aliphatic rings. The molecule has 126 valence electrons. The molecule has 1 aromatic heterocycles. The Morgan fingerprint density at radius 3 is 2.71 bits per heavy atom. The van der Waals surface area contributed by atoms with Crippen molar-refractivity contribution in [3.8, 4) is 11.5 Å². The number of amides is 1. The number of ether oxygens (including phenoxy) is 2. The van der Waals surface area contributed by atoms with Gasteiger partial charge in [0.2, 0.25) is 5.91 Å². The zero-order valence-corrected chi connectivity index (χ0v) is 14.6. The summed E-state index contributed by atoms with van der Waals surface area (Å²) in [5, 5.41) is -0.0515. The van der Waals surface area contributed by atoms with Gasteiger partial charge in [-0.3, -0.25) is 9.78 Å².